The van der Waals surface area contributed by atoms with Crippen LogP contribution in [-0.4, -0.2) is 26.2 Å². The molecule has 1 heterocycles. The Balaban J connectivity index is 1.69. The van der Waals surface area contributed by atoms with Gasteiger partial charge >= 0.3 is 0 Å². The number of nitrogens with one attached hydrogen (secondary N) is 2. The molecule has 18 heavy (non-hydrogen) atoms. The van der Waals surface area contributed by atoms with Gasteiger partial charge in [0.15, 0.2) is 0 Å². The van der Waals surface area contributed by atoms with E-state index in [1.807, 2.05) is 0 Å². The summed E-state index contributed by atoms with van der Waals surface area (Å²) in [5, 5.41) is 6.66. The molecule has 1 aliphatic rings. The van der Waals surface area contributed by atoms with Crippen molar-refractivity contribution in [1.82, 2.24) is 10.6 Å². The van der Waals surface area contributed by atoms with Crippen LogP contribution in [-0.2, 0) is 6.42 Å². The third kappa shape index (κ3) is 4.03. The summed E-state index contributed by atoms with van der Waals surface area (Å²) in [5.41, 5.74) is 0.452. The van der Waals surface area contributed by atoms with E-state index in [0.29, 0.717) is 24.4 Å². The van der Waals surface area contributed by atoms with E-state index in [1.54, 1.807) is 0 Å². The molecule has 0 unspecified atom stereocenters. The molecule has 2 nitrogen and oxygen atoms in total. The molecule has 0 aliphatic carbocycles. The van der Waals surface area contributed by atoms with Crippen molar-refractivity contribution in [1.29, 1.82) is 0 Å². The molecule has 0 bridgehead atoms. The highest BCUT2D eigenvalue weighted by molar-refractivity contribution is 5.18. The molecule has 4 heteroatoms. The summed E-state index contributed by atoms with van der Waals surface area (Å²) in [4.78, 5) is 0. The largest absolute Gasteiger partial charge is 0.317 e. The minimum atomic E-state index is -0.371. The fourth-order valence-corrected chi connectivity index (χ4v) is 2.35. The Hall–Kier alpha value is -1.00. The Bertz CT molecular complexity index is 376. The third-order valence-electron chi connectivity index (χ3n) is 3.47. The van der Waals surface area contributed by atoms with Crippen molar-refractivity contribution in [2.75, 3.05) is 26.2 Å². The molecule has 0 amide bonds. The molecule has 1 aliphatic heterocycles. The molecular formula is C14H20F2N2. The fraction of sp³-hybridized carbons (Fsp3) is 0.571. The van der Waals surface area contributed by atoms with Crippen molar-refractivity contribution in [3.63, 3.8) is 0 Å². The lowest BCUT2D eigenvalue weighted by Gasteiger charge is -2.22. The van der Waals surface area contributed by atoms with Gasteiger partial charge in [0.1, 0.15) is 11.6 Å². The van der Waals surface area contributed by atoms with E-state index >= 15 is 0 Å². The van der Waals surface area contributed by atoms with Crippen LogP contribution in [0.3, 0.4) is 0 Å². The van der Waals surface area contributed by atoms with Gasteiger partial charge in [-0.3, -0.25) is 0 Å². The zero-order valence-corrected chi connectivity index (χ0v) is 10.5. The molecule has 1 aromatic carbocycles. The van der Waals surface area contributed by atoms with E-state index in [9.17, 15) is 8.78 Å². The molecule has 0 spiro atoms. The van der Waals surface area contributed by atoms with Gasteiger partial charge in [-0.15, -0.1) is 0 Å². The van der Waals surface area contributed by atoms with Crippen molar-refractivity contribution in [2.24, 2.45) is 5.92 Å². The van der Waals surface area contributed by atoms with Crippen LogP contribution in [0.5, 0.6) is 0 Å². The minimum absolute atomic E-state index is 0.319. The minimum Gasteiger partial charge on any atom is -0.317 e. The van der Waals surface area contributed by atoms with Gasteiger partial charge in [-0.1, -0.05) is 0 Å². The zero-order chi connectivity index (χ0) is 12.8. The van der Waals surface area contributed by atoms with Crippen LogP contribution in [0.1, 0.15) is 18.4 Å². The van der Waals surface area contributed by atoms with Crippen LogP contribution in [0.2, 0.25) is 0 Å². The van der Waals surface area contributed by atoms with E-state index < -0.39 is 0 Å². The summed E-state index contributed by atoms with van der Waals surface area (Å²) in [6, 6.07) is 3.63. The lowest BCUT2D eigenvalue weighted by Crippen LogP contribution is -2.34. The van der Waals surface area contributed by atoms with Gasteiger partial charge in [0.25, 0.3) is 0 Å². The predicted molar refractivity (Wildman–Crippen MR) is 68.5 cm³/mol. The van der Waals surface area contributed by atoms with Crippen LogP contribution < -0.4 is 10.6 Å². The summed E-state index contributed by atoms with van der Waals surface area (Å²) < 4.78 is 26.3. The van der Waals surface area contributed by atoms with Crippen molar-refractivity contribution in [3.8, 4) is 0 Å². The predicted octanol–water partition coefficient (Wildman–Crippen LogP) is 2.10. The Morgan fingerprint density at radius 1 is 1.22 bits per heavy atom. The number of rotatable bonds is 5. The topological polar surface area (TPSA) is 24.1 Å². The molecule has 1 aromatic rings. The highest BCUT2D eigenvalue weighted by atomic mass is 19.1. The maximum atomic E-state index is 13.3. The Labute approximate surface area is 107 Å². The number of hydrogen-bond donors (Lipinski definition) is 2. The van der Waals surface area contributed by atoms with Gasteiger partial charge in [-0.2, -0.15) is 0 Å². The van der Waals surface area contributed by atoms with Crippen molar-refractivity contribution in [3.05, 3.63) is 35.4 Å². The maximum Gasteiger partial charge on any atom is 0.126 e. The molecule has 0 saturated carbocycles. The first-order valence-electron chi connectivity index (χ1n) is 6.61. The molecule has 0 atom stereocenters. The first kappa shape index (κ1) is 13.4. The highest BCUT2D eigenvalue weighted by Crippen LogP contribution is 2.11. The van der Waals surface area contributed by atoms with Crippen molar-refractivity contribution >= 4 is 0 Å². The number of hydrogen-bond acceptors (Lipinski definition) is 2. The monoisotopic (exact) mass is 254 g/mol. The molecule has 1 fully saturated rings. The lowest BCUT2D eigenvalue weighted by atomic mass is 9.98. The van der Waals surface area contributed by atoms with Gasteiger partial charge in [-0.05, 0) is 75.1 Å². The number of benzene rings is 1. The molecule has 100 valence electrons. The second-order valence-corrected chi connectivity index (χ2v) is 4.88. The van der Waals surface area contributed by atoms with E-state index in [-0.39, 0.29) is 11.6 Å². The first-order chi connectivity index (χ1) is 8.75. The second kappa shape index (κ2) is 6.81. The van der Waals surface area contributed by atoms with Crippen molar-refractivity contribution in [2.45, 2.75) is 19.3 Å². The van der Waals surface area contributed by atoms with Crippen LogP contribution in [0.15, 0.2) is 18.2 Å². The van der Waals surface area contributed by atoms with Gasteiger partial charge in [0.2, 0.25) is 0 Å². The van der Waals surface area contributed by atoms with E-state index in [0.717, 1.165) is 25.7 Å². The quantitative estimate of drug-likeness (QED) is 0.786. The van der Waals surface area contributed by atoms with E-state index in [4.69, 9.17) is 0 Å². The standard InChI is InChI=1S/C14H20F2N2/c15-13-1-2-14(16)12(9-13)5-8-18-10-11-3-6-17-7-4-11/h1-2,9,11,17-18H,3-8,10H2. The van der Waals surface area contributed by atoms with Crippen LogP contribution in [0, 0.1) is 17.6 Å². The van der Waals surface area contributed by atoms with Gasteiger partial charge in [0.05, 0.1) is 0 Å². The number of halogens is 2. The van der Waals surface area contributed by atoms with E-state index in [1.165, 1.54) is 25.0 Å². The normalized spacial score (nSPS) is 17.0. The molecular weight excluding hydrogens is 234 g/mol. The Morgan fingerprint density at radius 3 is 2.78 bits per heavy atom. The molecule has 0 radical (unpaired) electrons. The second-order valence-electron chi connectivity index (χ2n) is 4.88. The zero-order valence-electron chi connectivity index (χ0n) is 10.5. The first-order valence-corrected chi connectivity index (χ1v) is 6.61. The summed E-state index contributed by atoms with van der Waals surface area (Å²) >= 11 is 0. The summed E-state index contributed by atoms with van der Waals surface area (Å²) in [7, 11) is 0. The highest BCUT2D eigenvalue weighted by Gasteiger charge is 2.12. The van der Waals surface area contributed by atoms with E-state index in [2.05, 4.69) is 10.6 Å². The summed E-state index contributed by atoms with van der Waals surface area (Å²) in [6.07, 6.45) is 2.93. The average molecular weight is 254 g/mol. The maximum absolute atomic E-state index is 13.3. The van der Waals surface area contributed by atoms with Crippen LogP contribution in [0.4, 0.5) is 8.78 Å². The molecule has 2 N–H and O–H groups in total. The Kier molecular flexibility index (Phi) is 5.08. The fourth-order valence-electron chi connectivity index (χ4n) is 2.35. The van der Waals surface area contributed by atoms with Crippen LogP contribution in [0.25, 0.3) is 0 Å². The average Bonchev–Trinajstić information content (AvgIpc) is 2.40. The van der Waals surface area contributed by atoms with Gasteiger partial charge in [-0.25, -0.2) is 8.78 Å². The smallest absolute Gasteiger partial charge is 0.126 e. The number of piperidine rings is 1. The van der Waals surface area contributed by atoms with Crippen LogP contribution >= 0.6 is 0 Å². The Morgan fingerprint density at radius 2 is 2.00 bits per heavy atom. The van der Waals surface area contributed by atoms with Crippen molar-refractivity contribution < 1.29 is 8.78 Å². The lowest BCUT2D eigenvalue weighted by molar-refractivity contribution is 0.357. The van der Waals surface area contributed by atoms with Gasteiger partial charge < -0.3 is 10.6 Å². The molecule has 0 aromatic heterocycles. The third-order valence-corrected chi connectivity index (χ3v) is 3.47. The molecule has 1 saturated heterocycles. The summed E-state index contributed by atoms with van der Waals surface area (Å²) in [6.45, 7) is 3.85. The van der Waals surface area contributed by atoms with Gasteiger partial charge in [0, 0.05) is 0 Å². The summed E-state index contributed by atoms with van der Waals surface area (Å²) in [5.74, 6) is 0.0217. The SMILES string of the molecule is Fc1ccc(F)c(CCNCC2CCNCC2)c1. The molecule has 2 rings (SSSR count).